The average Bonchev–Trinajstić information content (AvgIpc) is 3.59. The van der Waals surface area contributed by atoms with Gasteiger partial charge in [-0.2, -0.15) is 0 Å². The number of ether oxygens (including phenoxy) is 3. The molecule has 1 aliphatic heterocycles. The highest BCUT2D eigenvalue weighted by molar-refractivity contribution is 6.01. The SMILES string of the molecule is CC(C)(C)OC(=O)CC[C@@]1(C(=O)NC2CC2)N=C(c2ccc(OCCCO)cc2)O[C@@H]1c1ccccc1. The molecule has 0 saturated heterocycles. The van der Waals surface area contributed by atoms with Gasteiger partial charge < -0.3 is 24.6 Å². The van der Waals surface area contributed by atoms with E-state index in [1.165, 1.54) is 0 Å². The van der Waals surface area contributed by atoms with Crippen LogP contribution in [0.3, 0.4) is 0 Å². The van der Waals surface area contributed by atoms with Crippen LogP contribution in [0.2, 0.25) is 0 Å². The van der Waals surface area contributed by atoms with Crippen LogP contribution in [0.25, 0.3) is 0 Å². The van der Waals surface area contributed by atoms with Gasteiger partial charge in [0.25, 0.3) is 5.91 Å². The number of benzene rings is 2. The highest BCUT2D eigenvalue weighted by atomic mass is 16.6. The van der Waals surface area contributed by atoms with Crippen molar-refractivity contribution in [1.29, 1.82) is 0 Å². The van der Waals surface area contributed by atoms with E-state index in [0.717, 1.165) is 18.4 Å². The topological polar surface area (TPSA) is 106 Å². The Kier molecular flexibility index (Phi) is 8.17. The summed E-state index contributed by atoms with van der Waals surface area (Å²) in [4.78, 5) is 31.4. The first-order valence-corrected chi connectivity index (χ1v) is 12.9. The number of aliphatic hydroxyl groups is 1. The minimum atomic E-state index is -1.33. The van der Waals surface area contributed by atoms with Crippen molar-refractivity contribution in [1.82, 2.24) is 5.32 Å². The van der Waals surface area contributed by atoms with Crippen molar-refractivity contribution in [3.8, 4) is 5.75 Å². The molecule has 2 aromatic carbocycles. The third-order valence-corrected chi connectivity index (χ3v) is 6.18. The minimum absolute atomic E-state index is 0.0243. The number of hydrogen-bond donors (Lipinski definition) is 2. The van der Waals surface area contributed by atoms with Gasteiger partial charge >= 0.3 is 5.97 Å². The number of rotatable bonds is 11. The Labute approximate surface area is 218 Å². The summed E-state index contributed by atoms with van der Waals surface area (Å²) in [6.07, 6.45) is 1.87. The lowest BCUT2D eigenvalue weighted by Crippen LogP contribution is -2.49. The van der Waals surface area contributed by atoms with Crippen LogP contribution in [-0.2, 0) is 19.1 Å². The molecule has 198 valence electrons. The van der Waals surface area contributed by atoms with Crippen LogP contribution in [0, 0.1) is 0 Å². The molecular formula is C29H36N2O6. The van der Waals surface area contributed by atoms with Crippen molar-refractivity contribution < 1.29 is 28.9 Å². The maximum Gasteiger partial charge on any atom is 0.306 e. The smallest absolute Gasteiger partial charge is 0.306 e. The van der Waals surface area contributed by atoms with E-state index in [2.05, 4.69) is 5.32 Å². The van der Waals surface area contributed by atoms with E-state index in [-0.39, 0.29) is 37.4 Å². The number of aliphatic imine (C=N–C) groups is 1. The highest BCUT2D eigenvalue weighted by Crippen LogP contribution is 2.44. The highest BCUT2D eigenvalue weighted by Gasteiger charge is 2.54. The van der Waals surface area contributed by atoms with Gasteiger partial charge in [0, 0.05) is 31.1 Å². The largest absolute Gasteiger partial charge is 0.494 e. The van der Waals surface area contributed by atoms with E-state index in [1.54, 1.807) is 12.1 Å². The minimum Gasteiger partial charge on any atom is -0.494 e. The number of esters is 1. The summed E-state index contributed by atoms with van der Waals surface area (Å²) in [6.45, 7) is 5.94. The summed E-state index contributed by atoms with van der Waals surface area (Å²) in [5.74, 6) is 0.376. The zero-order chi connectivity index (χ0) is 26.5. The van der Waals surface area contributed by atoms with Crippen molar-refractivity contribution in [3.05, 3.63) is 65.7 Å². The number of nitrogens with zero attached hydrogens (tertiary/aromatic N) is 1. The van der Waals surface area contributed by atoms with Crippen molar-refractivity contribution >= 4 is 17.8 Å². The van der Waals surface area contributed by atoms with Crippen molar-refractivity contribution in [2.75, 3.05) is 13.2 Å². The Morgan fingerprint density at radius 1 is 1.11 bits per heavy atom. The zero-order valence-corrected chi connectivity index (χ0v) is 21.7. The summed E-state index contributed by atoms with van der Waals surface area (Å²) in [5, 5.41) is 12.1. The van der Waals surface area contributed by atoms with Gasteiger partial charge in [-0.1, -0.05) is 30.3 Å². The van der Waals surface area contributed by atoms with Gasteiger partial charge in [-0.3, -0.25) is 9.59 Å². The molecule has 0 bridgehead atoms. The first-order chi connectivity index (χ1) is 17.7. The molecule has 2 aliphatic rings. The monoisotopic (exact) mass is 508 g/mol. The van der Waals surface area contributed by atoms with E-state index in [9.17, 15) is 9.59 Å². The van der Waals surface area contributed by atoms with Crippen LogP contribution in [0.5, 0.6) is 5.75 Å². The molecule has 1 amide bonds. The van der Waals surface area contributed by atoms with Crippen LogP contribution < -0.4 is 10.1 Å². The van der Waals surface area contributed by atoms with E-state index >= 15 is 0 Å². The molecule has 0 aromatic heterocycles. The molecule has 0 radical (unpaired) electrons. The molecule has 2 N–H and O–H groups in total. The van der Waals surface area contributed by atoms with Gasteiger partial charge in [-0.25, -0.2) is 4.99 Å². The Morgan fingerprint density at radius 2 is 1.81 bits per heavy atom. The number of amides is 1. The maximum absolute atomic E-state index is 13.8. The van der Waals surface area contributed by atoms with Crippen LogP contribution in [0.4, 0.5) is 0 Å². The average molecular weight is 509 g/mol. The maximum atomic E-state index is 13.8. The third-order valence-electron chi connectivity index (χ3n) is 6.18. The quantitative estimate of drug-likeness (QED) is 0.350. The molecule has 1 saturated carbocycles. The van der Waals surface area contributed by atoms with E-state index in [0.29, 0.717) is 30.2 Å². The predicted molar refractivity (Wildman–Crippen MR) is 139 cm³/mol. The molecule has 0 spiro atoms. The number of nitrogens with one attached hydrogen (secondary N) is 1. The normalized spacial score (nSPS) is 21.1. The van der Waals surface area contributed by atoms with E-state index in [4.69, 9.17) is 24.3 Å². The fourth-order valence-corrected chi connectivity index (χ4v) is 4.22. The Morgan fingerprint density at radius 3 is 2.43 bits per heavy atom. The zero-order valence-electron chi connectivity index (χ0n) is 21.7. The number of carbonyl (C=O) groups excluding carboxylic acids is 2. The van der Waals surface area contributed by atoms with Crippen LogP contribution in [0.15, 0.2) is 59.6 Å². The third kappa shape index (κ3) is 6.89. The molecule has 1 heterocycles. The molecule has 1 fully saturated rings. The molecule has 1 aliphatic carbocycles. The molecule has 2 aromatic rings. The van der Waals surface area contributed by atoms with Gasteiger partial charge in [0.15, 0.2) is 11.6 Å². The van der Waals surface area contributed by atoms with Gasteiger partial charge in [0.05, 0.1) is 6.61 Å². The molecule has 8 nitrogen and oxygen atoms in total. The van der Waals surface area contributed by atoms with Crippen LogP contribution in [0.1, 0.15) is 70.1 Å². The van der Waals surface area contributed by atoms with Crippen molar-refractivity contribution in [3.63, 3.8) is 0 Å². The van der Waals surface area contributed by atoms with Gasteiger partial charge in [-0.05, 0) is 69.9 Å². The molecule has 37 heavy (non-hydrogen) atoms. The van der Waals surface area contributed by atoms with Crippen molar-refractivity contribution in [2.45, 2.75) is 76.2 Å². The Hall–Kier alpha value is -3.39. The predicted octanol–water partition coefficient (Wildman–Crippen LogP) is 4.11. The first kappa shape index (κ1) is 26.7. The number of carbonyl (C=O) groups is 2. The molecular weight excluding hydrogens is 472 g/mol. The summed E-state index contributed by atoms with van der Waals surface area (Å²) in [7, 11) is 0. The second-order valence-corrected chi connectivity index (χ2v) is 10.5. The first-order valence-electron chi connectivity index (χ1n) is 12.9. The lowest BCUT2D eigenvalue weighted by Gasteiger charge is -2.31. The van der Waals surface area contributed by atoms with Crippen molar-refractivity contribution in [2.24, 2.45) is 4.99 Å². The molecule has 8 heteroatoms. The molecule has 4 rings (SSSR count). The summed E-state index contributed by atoms with van der Waals surface area (Å²) < 4.78 is 17.6. The lowest BCUT2D eigenvalue weighted by molar-refractivity contribution is -0.155. The number of aliphatic hydroxyl groups excluding tert-OH is 1. The summed E-state index contributed by atoms with van der Waals surface area (Å²) in [6, 6.07) is 16.9. The fraction of sp³-hybridized carbons (Fsp3) is 0.483. The van der Waals surface area contributed by atoms with Crippen LogP contribution in [-0.4, -0.2) is 53.3 Å². The second kappa shape index (κ2) is 11.3. The molecule has 0 unspecified atom stereocenters. The second-order valence-electron chi connectivity index (χ2n) is 10.5. The van der Waals surface area contributed by atoms with Gasteiger partial charge in [0.2, 0.25) is 5.90 Å². The standard InChI is InChI=1S/C29H36N2O6/c1-28(2,3)37-24(33)16-17-29(27(34)30-22-12-13-22)25(20-8-5-4-6-9-20)36-26(31-29)21-10-14-23(15-11-21)35-19-7-18-32/h4-6,8-11,14-15,22,25,32H,7,12-13,16-19H2,1-3H3,(H,30,34)/t25-,29-/m1/s1. The van der Waals surface area contributed by atoms with E-state index in [1.807, 2.05) is 63.2 Å². The van der Waals surface area contributed by atoms with Gasteiger partial charge in [-0.15, -0.1) is 0 Å². The van der Waals surface area contributed by atoms with E-state index < -0.39 is 17.2 Å². The lowest BCUT2D eigenvalue weighted by atomic mass is 9.83. The van der Waals surface area contributed by atoms with Crippen LogP contribution >= 0.6 is 0 Å². The Bertz CT molecular complexity index is 1110. The summed E-state index contributed by atoms with van der Waals surface area (Å²) >= 11 is 0. The Balaban J connectivity index is 1.66. The number of hydrogen-bond acceptors (Lipinski definition) is 7. The molecule has 2 atom stereocenters. The fourth-order valence-electron chi connectivity index (χ4n) is 4.22. The van der Waals surface area contributed by atoms with Gasteiger partial charge in [0.1, 0.15) is 11.4 Å². The summed E-state index contributed by atoms with van der Waals surface area (Å²) in [5.41, 5.74) is -0.442.